The predicted octanol–water partition coefficient (Wildman–Crippen LogP) is 2.84. The summed E-state index contributed by atoms with van der Waals surface area (Å²) in [4.78, 5) is 0. The molecule has 0 aliphatic rings. The topological polar surface area (TPSA) is 118 Å². The molecule has 0 radical (unpaired) electrons. The fourth-order valence-corrected chi connectivity index (χ4v) is 3.92. The van der Waals surface area contributed by atoms with Crippen molar-refractivity contribution in [3.63, 3.8) is 0 Å². The van der Waals surface area contributed by atoms with Gasteiger partial charge in [0.1, 0.15) is 17.2 Å². The van der Waals surface area contributed by atoms with Gasteiger partial charge in [0.05, 0.1) is 5.92 Å². The Morgan fingerprint density at radius 1 is 0.846 bits per heavy atom. The van der Waals surface area contributed by atoms with E-state index in [0.717, 1.165) is 13.8 Å². The first kappa shape index (κ1) is 25.5. The standard InChI is InChI=1S/C13H24F4O7S2/c1-10(2,3)9(6-11(4,5)14)13(16,17)24-12(15,7-25(18,19)20)8-26(21,22)23/h9H,6-8H2,1-5H3,(H,18,19,20)(H,21,22,23). The van der Waals surface area contributed by atoms with Crippen LogP contribution < -0.4 is 0 Å². The largest absolute Gasteiger partial charge is 0.361 e. The summed E-state index contributed by atoms with van der Waals surface area (Å²) < 4.78 is 122. The molecule has 0 aliphatic carbocycles. The van der Waals surface area contributed by atoms with Crippen LogP contribution in [-0.2, 0) is 25.0 Å². The molecule has 0 heterocycles. The Hall–Kier alpha value is -0.500. The van der Waals surface area contributed by atoms with Crippen molar-refractivity contribution in [1.82, 2.24) is 0 Å². The first-order valence-electron chi connectivity index (χ1n) is 7.32. The number of alkyl halides is 4. The Morgan fingerprint density at radius 2 is 1.19 bits per heavy atom. The van der Waals surface area contributed by atoms with Crippen molar-refractivity contribution in [1.29, 1.82) is 0 Å². The lowest BCUT2D eigenvalue weighted by atomic mass is 9.74. The molecule has 0 fully saturated rings. The smallest absolute Gasteiger partial charge is 0.285 e. The first-order chi connectivity index (χ1) is 11.0. The van der Waals surface area contributed by atoms with Crippen LogP contribution in [0.4, 0.5) is 17.6 Å². The first-order valence-corrected chi connectivity index (χ1v) is 10.5. The molecule has 13 heteroatoms. The quantitative estimate of drug-likeness (QED) is 0.425. The third-order valence-electron chi connectivity index (χ3n) is 3.26. The van der Waals surface area contributed by atoms with E-state index in [9.17, 15) is 34.4 Å². The maximum Gasteiger partial charge on any atom is 0.361 e. The van der Waals surface area contributed by atoms with Crippen LogP contribution in [0.2, 0.25) is 0 Å². The van der Waals surface area contributed by atoms with Gasteiger partial charge in [-0.3, -0.25) is 13.8 Å². The van der Waals surface area contributed by atoms with E-state index in [2.05, 4.69) is 4.74 Å². The third-order valence-corrected chi connectivity index (χ3v) is 4.85. The van der Waals surface area contributed by atoms with Gasteiger partial charge in [-0.2, -0.15) is 25.6 Å². The second-order valence-electron chi connectivity index (χ2n) is 7.84. The van der Waals surface area contributed by atoms with Crippen LogP contribution in [0.5, 0.6) is 0 Å². The van der Waals surface area contributed by atoms with Gasteiger partial charge in [-0.25, -0.2) is 8.78 Å². The van der Waals surface area contributed by atoms with Gasteiger partial charge in [0.15, 0.2) is 0 Å². The number of rotatable bonds is 9. The van der Waals surface area contributed by atoms with Gasteiger partial charge >= 0.3 is 6.11 Å². The molecular formula is C13H24F4O7S2. The van der Waals surface area contributed by atoms with Gasteiger partial charge in [0.2, 0.25) is 5.85 Å². The minimum Gasteiger partial charge on any atom is -0.285 e. The van der Waals surface area contributed by atoms with E-state index < -0.39 is 67.1 Å². The minimum atomic E-state index is -5.31. The van der Waals surface area contributed by atoms with E-state index in [-0.39, 0.29) is 0 Å². The lowest BCUT2D eigenvalue weighted by molar-refractivity contribution is -0.355. The predicted molar refractivity (Wildman–Crippen MR) is 85.5 cm³/mol. The molecule has 0 aliphatic heterocycles. The van der Waals surface area contributed by atoms with Crippen molar-refractivity contribution in [3.8, 4) is 0 Å². The maximum absolute atomic E-state index is 14.6. The van der Waals surface area contributed by atoms with Gasteiger partial charge in [-0.15, -0.1) is 0 Å². The molecule has 0 aromatic rings. The molecule has 1 atom stereocenters. The lowest BCUT2D eigenvalue weighted by Gasteiger charge is -2.40. The molecular weight excluding hydrogens is 408 g/mol. The molecule has 0 rings (SSSR count). The van der Waals surface area contributed by atoms with Gasteiger partial charge in [0.25, 0.3) is 20.2 Å². The van der Waals surface area contributed by atoms with E-state index in [1.54, 1.807) is 0 Å². The molecule has 0 aromatic carbocycles. The van der Waals surface area contributed by atoms with Crippen molar-refractivity contribution in [2.45, 2.75) is 58.7 Å². The average molecular weight is 432 g/mol. The molecule has 1 unspecified atom stereocenters. The van der Waals surface area contributed by atoms with E-state index in [0.29, 0.717) is 0 Å². The van der Waals surface area contributed by atoms with Gasteiger partial charge < -0.3 is 0 Å². The van der Waals surface area contributed by atoms with Crippen LogP contribution in [-0.4, -0.2) is 55.1 Å². The van der Waals surface area contributed by atoms with Crippen molar-refractivity contribution < 1.29 is 48.2 Å². The number of halogens is 4. The number of ether oxygens (including phenoxy) is 1. The van der Waals surface area contributed by atoms with Crippen LogP contribution in [0.1, 0.15) is 41.0 Å². The normalized spacial score (nSPS) is 16.6. The second kappa shape index (κ2) is 7.49. The summed E-state index contributed by atoms with van der Waals surface area (Å²) in [5.41, 5.74) is -3.51. The van der Waals surface area contributed by atoms with Crippen LogP contribution >= 0.6 is 0 Å². The van der Waals surface area contributed by atoms with Crippen molar-refractivity contribution >= 4 is 20.2 Å². The Kier molecular flexibility index (Phi) is 7.35. The Bertz CT molecular complexity index is 657. The molecule has 0 bridgehead atoms. The van der Waals surface area contributed by atoms with E-state index in [1.165, 1.54) is 20.8 Å². The van der Waals surface area contributed by atoms with Crippen molar-refractivity contribution in [2.75, 3.05) is 11.5 Å². The monoisotopic (exact) mass is 432 g/mol. The zero-order valence-corrected chi connectivity index (χ0v) is 16.6. The number of hydrogen-bond donors (Lipinski definition) is 2. The molecule has 0 aromatic heterocycles. The van der Waals surface area contributed by atoms with Crippen LogP contribution in [0.15, 0.2) is 0 Å². The highest BCUT2D eigenvalue weighted by atomic mass is 32.2. The average Bonchev–Trinajstić information content (AvgIpc) is 2.14. The van der Waals surface area contributed by atoms with Crippen LogP contribution in [0.3, 0.4) is 0 Å². The summed E-state index contributed by atoms with van der Waals surface area (Å²) in [6.45, 7) is 5.78. The molecule has 0 saturated heterocycles. The molecule has 2 N–H and O–H groups in total. The third kappa shape index (κ3) is 10.00. The molecule has 0 spiro atoms. The highest BCUT2D eigenvalue weighted by Gasteiger charge is 2.56. The highest BCUT2D eigenvalue weighted by Crippen LogP contribution is 2.46. The summed E-state index contributed by atoms with van der Waals surface area (Å²) in [5.74, 6) is -10.5. The van der Waals surface area contributed by atoms with E-state index in [1.807, 2.05) is 0 Å². The fourth-order valence-electron chi connectivity index (χ4n) is 2.37. The summed E-state index contributed by atoms with van der Waals surface area (Å²) in [6.07, 6.45) is -5.37. The minimum absolute atomic E-state index is 0.836. The zero-order valence-electron chi connectivity index (χ0n) is 15.0. The van der Waals surface area contributed by atoms with Gasteiger partial charge in [-0.05, 0) is 25.7 Å². The van der Waals surface area contributed by atoms with Crippen LogP contribution in [0, 0.1) is 11.3 Å². The molecule has 0 amide bonds. The van der Waals surface area contributed by atoms with E-state index >= 15 is 0 Å². The molecule has 0 saturated carbocycles. The summed E-state index contributed by atoms with van der Waals surface area (Å²) in [6, 6.07) is 0. The summed E-state index contributed by atoms with van der Waals surface area (Å²) >= 11 is 0. The van der Waals surface area contributed by atoms with Gasteiger partial charge in [-0.1, -0.05) is 20.8 Å². The molecule has 158 valence electrons. The second-order valence-corrected chi connectivity index (χ2v) is 10.7. The van der Waals surface area contributed by atoms with Crippen molar-refractivity contribution in [3.05, 3.63) is 0 Å². The highest BCUT2D eigenvalue weighted by molar-refractivity contribution is 7.86. The van der Waals surface area contributed by atoms with E-state index in [4.69, 9.17) is 9.11 Å². The number of hydrogen-bond acceptors (Lipinski definition) is 5. The lowest BCUT2D eigenvalue weighted by Crippen LogP contribution is -2.52. The van der Waals surface area contributed by atoms with Crippen LogP contribution in [0.25, 0.3) is 0 Å². The van der Waals surface area contributed by atoms with Crippen molar-refractivity contribution in [2.24, 2.45) is 11.3 Å². The summed E-state index contributed by atoms with van der Waals surface area (Å²) in [5, 5.41) is 0. The van der Waals surface area contributed by atoms with Gasteiger partial charge in [0, 0.05) is 0 Å². The fraction of sp³-hybridized carbons (Fsp3) is 1.00. The summed E-state index contributed by atoms with van der Waals surface area (Å²) in [7, 11) is -10.6. The SMILES string of the molecule is CC(C)(F)CC(C(C)(C)C)C(F)(F)OC(F)(CS(=O)(=O)O)CS(=O)(=O)O. The zero-order chi connectivity index (χ0) is 21.4. The molecule has 7 nitrogen and oxygen atoms in total. The maximum atomic E-state index is 14.6. The Balaban J connectivity index is 6.02. The Labute approximate surface area is 150 Å². The Morgan fingerprint density at radius 3 is 1.42 bits per heavy atom. The molecule has 26 heavy (non-hydrogen) atoms.